The third-order valence-corrected chi connectivity index (χ3v) is 3.70. The number of para-hydroxylation sites is 1. The monoisotopic (exact) mass is 304 g/mol. The summed E-state index contributed by atoms with van der Waals surface area (Å²) < 4.78 is 4.66. The zero-order valence-electron chi connectivity index (χ0n) is 13.0. The smallest absolute Gasteiger partial charge is 0.330 e. The van der Waals surface area contributed by atoms with Crippen molar-refractivity contribution >= 4 is 23.5 Å². The summed E-state index contributed by atoms with van der Waals surface area (Å²) >= 11 is 0. The zero-order chi connectivity index (χ0) is 16.3. The largest absolute Gasteiger partial charge is 0.467 e. The van der Waals surface area contributed by atoms with Crippen LogP contribution in [0, 0.1) is 5.92 Å². The fraction of sp³-hybridized carbons (Fsp3) is 0.438. The van der Waals surface area contributed by atoms with Gasteiger partial charge >= 0.3 is 5.97 Å². The van der Waals surface area contributed by atoms with Gasteiger partial charge in [-0.15, -0.1) is 0 Å². The molecule has 22 heavy (non-hydrogen) atoms. The van der Waals surface area contributed by atoms with E-state index in [2.05, 4.69) is 10.1 Å². The van der Waals surface area contributed by atoms with Crippen molar-refractivity contribution in [3.05, 3.63) is 30.3 Å². The predicted molar refractivity (Wildman–Crippen MR) is 81.1 cm³/mol. The number of esters is 1. The molecule has 0 aromatic heterocycles. The quantitative estimate of drug-likeness (QED) is 0.845. The number of carbonyl (C=O) groups is 3. The van der Waals surface area contributed by atoms with Gasteiger partial charge in [-0.25, -0.2) is 4.79 Å². The van der Waals surface area contributed by atoms with Crippen molar-refractivity contribution in [2.45, 2.75) is 25.8 Å². The van der Waals surface area contributed by atoms with E-state index in [0.29, 0.717) is 6.54 Å². The molecule has 118 valence electrons. The summed E-state index contributed by atoms with van der Waals surface area (Å²) in [6, 6.07) is 9.22. The standard InChI is InChI=1S/C16H20N2O4/c1-16(2,15(21)22-3)17-14(20)11-9-13(19)18(10-11)12-7-5-4-6-8-12/h4-8,11H,9-10H2,1-3H3,(H,17,20)/t11-/m0/s1. The summed E-state index contributed by atoms with van der Waals surface area (Å²) in [5.41, 5.74) is -0.343. The minimum absolute atomic E-state index is 0.0952. The molecule has 0 radical (unpaired) electrons. The van der Waals surface area contributed by atoms with E-state index in [0.717, 1.165) is 5.69 Å². The van der Waals surface area contributed by atoms with E-state index >= 15 is 0 Å². The molecule has 1 aromatic carbocycles. The number of amides is 2. The van der Waals surface area contributed by atoms with E-state index in [4.69, 9.17) is 0 Å². The molecule has 6 heteroatoms. The van der Waals surface area contributed by atoms with Gasteiger partial charge in [0.1, 0.15) is 5.54 Å². The molecule has 1 heterocycles. The van der Waals surface area contributed by atoms with Crippen molar-refractivity contribution in [2.24, 2.45) is 5.92 Å². The Labute approximate surface area is 129 Å². The van der Waals surface area contributed by atoms with Crippen molar-refractivity contribution in [1.82, 2.24) is 5.32 Å². The lowest BCUT2D eigenvalue weighted by atomic mass is 10.0. The van der Waals surface area contributed by atoms with Crippen LogP contribution in [0.1, 0.15) is 20.3 Å². The average molecular weight is 304 g/mol. The third kappa shape index (κ3) is 3.27. The number of rotatable bonds is 4. The highest BCUT2D eigenvalue weighted by molar-refractivity contribution is 6.01. The SMILES string of the molecule is COC(=O)C(C)(C)NC(=O)[C@H]1CC(=O)N(c2ccccc2)C1. The highest BCUT2D eigenvalue weighted by Crippen LogP contribution is 2.25. The summed E-state index contributed by atoms with van der Waals surface area (Å²) in [5, 5.41) is 2.65. The molecular formula is C16H20N2O4. The number of benzene rings is 1. The van der Waals surface area contributed by atoms with Gasteiger partial charge in [-0.05, 0) is 26.0 Å². The number of nitrogens with one attached hydrogen (secondary N) is 1. The van der Waals surface area contributed by atoms with Crippen LogP contribution in [0.15, 0.2) is 30.3 Å². The Hall–Kier alpha value is -2.37. The molecule has 1 atom stereocenters. The van der Waals surface area contributed by atoms with E-state index < -0.39 is 17.4 Å². The van der Waals surface area contributed by atoms with Crippen molar-refractivity contribution in [3.63, 3.8) is 0 Å². The lowest BCUT2D eigenvalue weighted by Gasteiger charge is -2.24. The van der Waals surface area contributed by atoms with Crippen LogP contribution in [-0.2, 0) is 19.1 Å². The van der Waals surface area contributed by atoms with Gasteiger partial charge in [0.05, 0.1) is 13.0 Å². The van der Waals surface area contributed by atoms with Crippen molar-refractivity contribution < 1.29 is 19.1 Å². The van der Waals surface area contributed by atoms with E-state index in [1.54, 1.807) is 18.7 Å². The summed E-state index contributed by atoms with van der Waals surface area (Å²) in [6.07, 6.45) is 0.137. The fourth-order valence-corrected chi connectivity index (χ4v) is 2.46. The Kier molecular flexibility index (Phi) is 4.49. The molecule has 0 spiro atoms. The Morgan fingerprint density at radius 3 is 2.50 bits per heavy atom. The third-order valence-electron chi connectivity index (χ3n) is 3.70. The predicted octanol–water partition coefficient (Wildman–Crippen LogP) is 1.11. The van der Waals surface area contributed by atoms with Gasteiger partial charge < -0.3 is 15.0 Å². The minimum atomic E-state index is -1.12. The van der Waals surface area contributed by atoms with E-state index in [9.17, 15) is 14.4 Å². The molecule has 2 amide bonds. The van der Waals surface area contributed by atoms with Crippen LogP contribution < -0.4 is 10.2 Å². The first kappa shape index (κ1) is 16.0. The summed E-state index contributed by atoms with van der Waals surface area (Å²) in [5.74, 6) is -1.41. The molecule has 0 saturated carbocycles. The van der Waals surface area contributed by atoms with Gasteiger partial charge in [0.2, 0.25) is 11.8 Å². The maximum Gasteiger partial charge on any atom is 0.330 e. The number of methoxy groups -OCH3 is 1. The number of nitrogens with zero attached hydrogens (tertiary/aromatic N) is 1. The van der Waals surface area contributed by atoms with Crippen LogP contribution in [0.5, 0.6) is 0 Å². The Morgan fingerprint density at radius 2 is 1.91 bits per heavy atom. The van der Waals surface area contributed by atoms with Gasteiger partial charge in [-0.3, -0.25) is 9.59 Å². The molecular weight excluding hydrogens is 284 g/mol. The van der Waals surface area contributed by atoms with Gasteiger partial charge in [0.15, 0.2) is 0 Å². The van der Waals surface area contributed by atoms with Crippen LogP contribution in [0.3, 0.4) is 0 Å². The van der Waals surface area contributed by atoms with Crippen LogP contribution in [-0.4, -0.2) is 37.0 Å². The summed E-state index contributed by atoms with van der Waals surface area (Å²) in [6.45, 7) is 3.46. The van der Waals surface area contributed by atoms with Gasteiger partial charge in [-0.1, -0.05) is 18.2 Å². The molecule has 0 aliphatic carbocycles. The van der Waals surface area contributed by atoms with Gasteiger partial charge in [0, 0.05) is 18.7 Å². The van der Waals surface area contributed by atoms with Crippen LogP contribution in [0.4, 0.5) is 5.69 Å². The lowest BCUT2D eigenvalue weighted by molar-refractivity contribution is -0.149. The van der Waals surface area contributed by atoms with Gasteiger partial charge in [-0.2, -0.15) is 0 Å². The molecule has 2 rings (SSSR count). The highest BCUT2D eigenvalue weighted by Gasteiger charge is 2.39. The molecule has 1 saturated heterocycles. The normalized spacial score (nSPS) is 18.2. The Morgan fingerprint density at radius 1 is 1.27 bits per heavy atom. The Bertz CT molecular complexity index is 583. The summed E-state index contributed by atoms with van der Waals surface area (Å²) in [7, 11) is 1.27. The van der Waals surface area contributed by atoms with Crippen LogP contribution >= 0.6 is 0 Å². The number of ether oxygens (including phenoxy) is 1. The van der Waals surface area contributed by atoms with E-state index in [-0.39, 0.29) is 18.2 Å². The average Bonchev–Trinajstić information content (AvgIpc) is 2.89. The Balaban J connectivity index is 2.05. The molecule has 1 aliphatic rings. The topological polar surface area (TPSA) is 75.7 Å². The van der Waals surface area contributed by atoms with E-state index in [1.807, 2.05) is 30.3 Å². The van der Waals surface area contributed by atoms with Crippen LogP contribution in [0.2, 0.25) is 0 Å². The second-order valence-corrected chi connectivity index (χ2v) is 5.85. The second-order valence-electron chi connectivity index (χ2n) is 5.85. The van der Waals surface area contributed by atoms with Crippen molar-refractivity contribution in [2.75, 3.05) is 18.6 Å². The molecule has 1 aliphatic heterocycles. The number of anilines is 1. The van der Waals surface area contributed by atoms with Crippen molar-refractivity contribution in [1.29, 1.82) is 0 Å². The molecule has 0 unspecified atom stereocenters. The molecule has 1 fully saturated rings. The first-order valence-electron chi connectivity index (χ1n) is 7.11. The number of hydrogen-bond acceptors (Lipinski definition) is 4. The number of carbonyl (C=O) groups excluding carboxylic acids is 3. The van der Waals surface area contributed by atoms with Crippen LogP contribution in [0.25, 0.3) is 0 Å². The zero-order valence-corrected chi connectivity index (χ0v) is 13.0. The first-order chi connectivity index (χ1) is 10.3. The first-order valence-corrected chi connectivity index (χ1v) is 7.11. The van der Waals surface area contributed by atoms with Gasteiger partial charge in [0.25, 0.3) is 0 Å². The molecule has 6 nitrogen and oxygen atoms in total. The molecule has 0 bridgehead atoms. The maximum absolute atomic E-state index is 12.3. The molecule has 1 N–H and O–H groups in total. The summed E-state index contributed by atoms with van der Waals surface area (Å²) in [4.78, 5) is 37.6. The number of hydrogen-bond donors (Lipinski definition) is 1. The van der Waals surface area contributed by atoms with E-state index in [1.165, 1.54) is 7.11 Å². The fourth-order valence-electron chi connectivity index (χ4n) is 2.46. The lowest BCUT2D eigenvalue weighted by Crippen LogP contribution is -2.52. The molecule has 1 aromatic rings. The minimum Gasteiger partial charge on any atom is -0.467 e. The second kappa shape index (κ2) is 6.17. The van der Waals surface area contributed by atoms with Crippen molar-refractivity contribution in [3.8, 4) is 0 Å². The highest BCUT2D eigenvalue weighted by atomic mass is 16.5. The maximum atomic E-state index is 12.3.